The van der Waals surface area contributed by atoms with Gasteiger partial charge in [0.05, 0.1) is 6.04 Å². The van der Waals surface area contributed by atoms with Crippen LogP contribution in [0.15, 0.2) is 24.3 Å². The number of fused-ring (bicyclic) bond motifs is 1. The lowest BCUT2D eigenvalue weighted by Gasteiger charge is -2.30. The Hall–Kier alpha value is -2.94. The highest BCUT2D eigenvalue weighted by molar-refractivity contribution is 5.93. The molecule has 0 aliphatic heterocycles. The number of rotatable bonds is 8. The van der Waals surface area contributed by atoms with E-state index in [1.54, 1.807) is 6.92 Å². The van der Waals surface area contributed by atoms with Gasteiger partial charge in [-0.05, 0) is 49.1 Å². The minimum Gasteiger partial charge on any atom is -0.483 e. The summed E-state index contributed by atoms with van der Waals surface area (Å²) in [5, 5.41) is 15.5. The third-order valence-electron chi connectivity index (χ3n) is 5.60. The van der Waals surface area contributed by atoms with E-state index < -0.39 is 24.0 Å². The second kappa shape index (κ2) is 13.6. The van der Waals surface area contributed by atoms with Gasteiger partial charge in [-0.1, -0.05) is 52.0 Å². The Bertz CT molecular complexity index is 810. The minimum absolute atomic E-state index is 0.0456. The summed E-state index contributed by atoms with van der Waals surface area (Å²) in [7, 11) is 0. The number of aryl methyl sites for hydroxylation is 1. The van der Waals surface area contributed by atoms with Gasteiger partial charge >= 0.3 is 0 Å². The standard InChI is InChI=1S/C23H36N4O3.CH2O2/c1-13(2)19(27-23(30)20(14(3)4)26-21(28)15(5)24)22(29)25-18-11-10-16-8-6-7-9-17(16)12-18;2-1-3/h6-9,13-15,18-20H,10-12,24H2,1-5H3,(H,25,29)(H,26,28)(H,27,30);1H,(H,2,3)/t15-,18?,19-,20-;/m0./s1. The van der Waals surface area contributed by atoms with Gasteiger partial charge in [0, 0.05) is 6.04 Å². The highest BCUT2D eigenvalue weighted by Crippen LogP contribution is 2.21. The molecule has 33 heavy (non-hydrogen) atoms. The number of nitrogens with two attached hydrogens (primary N) is 1. The Labute approximate surface area is 195 Å². The Balaban J connectivity index is 0.00000172. The van der Waals surface area contributed by atoms with Gasteiger partial charge in [-0.3, -0.25) is 19.2 Å². The third-order valence-corrected chi connectivity index (χ3v) is 5.60. The monoisotopic (exact) mass is 462 g/mol. The fraction of sp³-hybridized carbons (Fsp3) is 0.583. The molecule has 0 spiro atoms. The fourth-order valence-corrected chi connectivity index (χ4v) is 3.71. The van der Waals surface area contributed by atoms with Crippen LogP contribution in [0.25, 0.3) is 0 Å². The van der Waals surface area contributed by atoms with Crippen LogP contribution in [0.5, 0.6) is 0 Å². The molecular weight excluding hydrogens is 424 g/mol. The van der Waals surface area contributed by atoms with Crippen molar-refractivity contribution in [1.82, 2.24) is 16.0 Å². The maximum atomic E-state index is 13.0. The number of carbonyl (C=O) groups is 4. The van der Waals surface area contributed by atoms with Crippen LogP contribution in [0.1, 0.15) is 52.2 Å². The van der Waals surface area contributed by atoms with Crippen molar-refractivity contribution in [2.24, 2.45) is 17.6 Å². The number of amides is 3. The fourth-order valence-electron chi connectivity index (χ4n) is 3.71. The lowest BCUT2D eigenvalue weighted by atomic mass is 9.88. The van der Waals surface area contributed by atoms with Crippen LogP contribution >= 0.6 is 0 Å². The molecule has 0 saturated carbocycles. The van der Waals surface area contributed by atoms with E-state index in [1.807, 2.05) is 39.8 Å². The van der Waals surface area contributed by atoms with Crippen molar-refractivity contribution in [2.45, 2.75) is 78.0 Å². The largest absolute Gasteiger partial charge is 0.483 e. The second-order valence-electron chi connectivity index (χ2n) is 9.07. The SMILES string of the molecule is CC(C)[C@H](NC(=O)[C@H](C)N)C(=O)N[C@H](C(=O)NC1CCc2ccccc2C1)C(C)C.O=CO. The van der Waals surface area contributed by atoms with E-state index >= 15 is 0 Å². The average Bonchev–Trinajstić information content (AvgIpc) is 2.75. The van der Waals surface area contributed by atoms with Crippen LogP contribution in [-0.2, 0) is 32.0 Å². The van der Waals surface area contributed by atoms with Crippen molar-refractivity contribution in [1.29, 1.82) is 0 Å². The Morgan fingerprint density at radius 3 is 1.94 bits per heavy atom. The normalized spacial score (nSPS) is 17.5. The van der Waals surface area contributed by atoms with E-state index in [0.29, 0.717) is 0 Å². The topological polar surface area (TPSA) is 151 Å². The van der Waals surface area contributed by atoms with Crippen LogP contribution in [0, 0.1) is 11.8 Å². The zero-order valence-corrected chi connectivity index (χ0v) is 20.1. The number of nitrogens with one attached hydrogen (secondary N) is 3. The number of benzene rings is 1. The molecule has 1 unspecified atom stereocenters. The number of hydrogen-bond acceptors (Lipinski definition) is 5. The van der Waals surface area contributed by atoms with E-state index in [9.17, 15) is 14.4 Å². The molecule has 2 rings (SSSR count). The van der Waals surface area contributed by atoms with E-state index in [0.717, 1.165) is 19.3 Å². The molecule has 0 heterocycles. The van der Waals surface area contributed by atoms with E-state index in [2.05, 4.69) is 28.1 Å². The van der Waals surface area contributed by atoms with Gasteiger partial charge in [-0.25, -0.2) is 0 Å². The summed E-state index contributed by atoms with van der Waals surface area (Å²) in [6, 6.07) is 6.19. The van der Waals surface area contributed by atoms with Gasteiger partial charge in [0.2, 0.25) is 17.7 Å². The summed E-state index contributed by atoms with van der Waals surface area (Å²) in [5.41, 5.74) is 8.21. The average molecular weight is 463 g/mol. The zero-order chi connectivity index (χ0) is 25.1. The molecule has 4 atom stereocenters. The molecule has 0 bridgehead atoms. The van der Waals surface area contributed by atoms with E-state index in [-0.39, 0.29) is 36.2 Å². The molecule has 9 heteroatoms. The first-order valence-electron chi connectivity index (χ1n) is 11.3. The van der Waals surface area contributed by atoms with Crippen LogP contribution in [0.2, 0.25) is 0 Å². The summed E-state index contributed by atoms with van der Waals surface area (Å²) in [5.74, 6) is -1.19. The molecule has 3 amide bonds. The molecule has 184 valence electrons. The minimum atomic E-state index is -0.751. The lowest BCUT2D eigenvalue weighted by Crippen LogP contribution is -2.59. The lowest BCUT2D eigenvalue weighted by molar-refractivity contribution is -0.134. The first-order chi connectivity index (χ1) is 15.5. The molecule has 1 aromatic rings. The van der Waals surface area contributed by atoms with Crippen LogP contribution in [-0.4, -0.2) is 53.5 Å². The Kier molecular flexibility index (Phi) is 11.6. The van der Waals surface area contributed by atoms with Crippen molar-refractivity contribution in [3.8, 4) is 0 Å². The van der Waals surface area contributed by atoms with Crippen molar-refractivity contribution in [2.75, 3.05) is 0 Å². The van der Waals surface area contributed by atoms with Gasteiger partial charge < -0.3 is 26.8 Å². The van der Waals surface area contributed by atoms with Crippen LogP contribution in [0.4, 0.5) is 0 Å². The number of hydrogen-bond donors (Lipinski definition) is 5. The molecule has 0 aromatic heterocycles. The van der Waals surface area contributed by atoms with Gasteiger partial charge in [0.15, 0.2) is 0 Å². The Morgan fingerprint density at radius 2 is 1.42 bits per heavy atom. The quantitative estimate of drug-likeness (QED) is 0.364. The molecule has 9 nitrogen and oxygen atoms in total. The first kappa shape index (κ1) is 28.1. The summed E-state index contributed by atoms with van der Waals surface area (Å²) in [4.78, 5) is 46.2. The van der Waals surface area contributed by atoms with Gasteiger partial charge in [0.25, 0.3) is 6.47 Å². The molecule has 6 N–H and O–H groups in total. The maximum absolute atomic E-state index is 13.0. The van der Waals surface area contributed by atoms with Crippen molar-refractivity contribution < 1.29 is 24.3 Å². The number of carboxylic acid groups (broad SMARTS) is 1. The van der Waals surface area contributed by atoms with Crippen molar-refractivity contribution in [3.63, 3.8) is 0 Å². The zero-order valence-electron chi connectivity index (χ0n) is 20.1. The summed E-state index contributed by atoms with van der Waals surface area (Å²) >= 11 is 0. The predicted molar refractivity (Wildman–Crippen MR) is 126 cm³/mol. The molecule has 1 aromatic carbocycles. The van der Waals surface area contributed by atoms with E-state index in [1.165, 1.54) is 11.1 Å². The predicted octanol–water partition coefficient (Wildman–Crippen LogP) is 0.990. The Morgan fingerprint density at radius 1 is 0.939 bits per heavy atom. The van der Waals surface area contributed by atoms with Gasteiger partial charge in [-0.2, -0.15) is 0 Å². The maximum Gasteiger partial charge on any atom is 0.290 e. The smallest absolute Gasteiger partial charge is 0.290 e. The van der Waals surface area contributed by atoms with Crippen molar-refractivity contribution in [3.05, 3.63) is 35.4 Å². The molecule has 1 aliphatic rings. The van der Waals surface area contributed by atoms with Crippen LogP contribution < -0.4 is 21.7 Å². The summed E-state index contributed by atoms with van der Waals surface area (Å²) in [6.45, 7) is 8.79. The van der Waals surface area contributed by atoms with Crippen LogP contribution in [0.3, 0.4) is 0 Å². The highest BCUT2D eigenvalue weighted by atomic mass is 16.3. The van der Waals surface area contributed by atoms with Gasteiger partial charge in [-0.15, -0.1) is 0 Å². The van der Waals surface area contributed by atoms with E-state index in [4.69, 9.17) is 15.6 Å². The summed E-state index contributed by atoms with van der Waals surface area (Å²) in [6.07, 6.45) is 2.60. The number of carbonyl (C=O) groups excluding carboxylic acids is 3. The first-order valence-corrected chi connectivity index (χ1v) is 11.3. The third kappa shape index (κ3) is 8.84. The summed E-state index contributed by atoms with van der Waals surface area (Å²) < 4.78 is 0. The highest BCUT2D eigenvalue weighted by Gasteiger charge is 2.32. The molecule has 1 aliphatic carbocycles. The van der Waals surface area contributed by atoms with Gasteiger partial charge in [0.1, 0.15) is 12.1 Å². The molecular formula is C24H38N4O5. The second-order valence-corrected chi connectivity index (χ2v) is 9.07. The molecule has 0 saturated heterocycles. The molecule has 0 radical (unpaired) electrons. The molecule has 0 fully saturated rings. The van der Waals surface area contributed by atoms with Crippen molar-refractivity contribution >= 4 is 24.2 Å².